The number of aromatic amines is 1. The number of amides is 1. The fourth-order valence-electron chi connectivity index (χ4n) is 5.35. The number of piperidine rings is 1. The molecule has 2 aliphatic heterocycles. The Hall–Kier alpha value is -3.55. The maximum Gasteiger partial charge on any atom is 0.235 e. The van der Waals surface area contributed by atoms with Crippen molar-refractivity contribution in [2.45, 2.75) is 44.4 Å². The number of anilines is 1. The Morgan fingerprint density at radius 3 is 3.03 bits per heavy atom. The van der Waals surface area contributed by atoms with Crippen molar-refractivity contribution in [3.8, 4) is 0 Å². The predicted octanol–water partition coefficient (Wildman–Crippen LogP) is 4.09. The average molecular weight is 442 g/mol. The lowest BCUT2D eigenvalue weighted by molar-refractivity contribution is -0.122. The van der Waals surface area contributed by atoms with Gasteiger partial charge in [0.05, 0.1) is 17.0 Å². The van der Waals surface area contributed by atoms with Crippen LogP contribution in [-0.2, 0) is 4.79 Å². The Kier molecular flexibility index (Phi) is 5.13. The van der Waals surface area contributed by atoms with Crippen molar-refractivity contribution in [3.05, 3.63) is 48.4 Å². The number of hydrogen-bond donors (Lipinski definition) is 2. The smallest absolute Gasteiger partial charge is 0.235 e. The molecule has 2 atom stereocenters. The highest BCUT2D eigenvalue weighted by Crippen LogP contribution is 2.33. The van der Waals surface area contributed by atoms with E-state index in [9.17, 15) is 4.79 Å². The lowest BCUT2D eigenvalue weighted by Crippen LogP contribution is -2.44. The van der Waals surface area contributed by atoms with E-state index in [0.717, 1.165) is 79.9 Å². The highest BCUT2D eigenvalue weighted by Gasteiger charge is 2.31. The first-order valence-corrected chi connectivity index (χ1v) is 11.8. The molecule has 8 heteroatoms. The van der Waals surface area contributed by atoms with Crippen LogP contribution in [0.25, 0.3) is 11.0 Å². The van der Waals surface area contributed by atoms with Crippen LogP contribution < -0.4 is 10.2 Å². The van der Waals surface area contributed by atoms with Gasteiger partial charge in [-0.15, -0.1) is 0 Å². The second-order valence-electron chi connectivity index (χ2n) is 9.14. The van der Waals surface area contributed by atoms with Crippen molar-refractivity contribution in [1.82, 2.24) is 20.3 Å². The molecule has 1 saturated heterocycles. The van der Waals surface area contributed by atoms with Gasteiger partial charge < -0.3 is 9.88 Å². The van der Waals surface area contributed by atoms with Crippen LogP contribution in [0.1, 0.15) is 50.0 Å². The molecule has 3 aliphatic rings. The van der Waals surface area contributed by atoms with Gasteiger partial charge >= 0.3 is 0 Å². The van der Waals surface area contributed by atoms with E-state index in [-0.39, 0.29) is 11.8 Å². The van der Waals surface area contributed by atoms with Gasteiger partial charge in [-0.05, 0) is 55.9 Å². The molecule has 0 spiro atoms. The molecule has 2 N–H and O–H groups in total. The summed E-state index contributed by atoms with van der Waals surface area (Å²) >= 11 is 0. The molecular weight excluding hydrogens is 414 g/mol. The van der Waals surface area contributed by atoms with Crippen molar-refractivity contribution in [1.29, 1.82) is 0 Å². The zero-order valence-electron chi connectivity index (χ0n) is 18.5. The molecule has 168 valence electrons. The van der Waals surface area contributed by atoms with E-state index in [1.54, 1.807) is 6.33 Å². The molecule has 4 heterocycles. The number of nitrogens with zero attached hydrogens (tertiary/aromatic N) is 5. The molecule has 3 aromatic rings. The number of aliphatic imine (C=N–C) groups is 2. The van der Waals surface area contributed by atoms with Crippen LogP contribution in [0.3, 0.4) is 0 Å². The first kappa shape index (κ1) is 20.1. The van der Waals surface area contributed by atoms with Crippen LogP contribution in [0.5, 0.6) is 0 Å². The maximum absolute atomic E-state index is 12.5. The number of hydrogen-bond acceptors (Lipinski definition) is 5. The lowest BCUT2D eigenvalue weighted by Gasteiger charge is -2.34. The summed E-state index contributed by atoms with van der Waals surface area (Å²) in [6.07, 6.45) is 9.75. The monoisotopic (exact) mass is 441 g/mol. The van der Waals surface area contributed by atoms with Crippen molar-refractivity contribution in [3.63, 3.8) is 0 Å². The van der Waals surface area contributed by atoms with Crippen molar-refractivity contribution in [2.75, 3.05) is 18.0 Å². The van der Waals surface area contributed by atoms with E-state index in [0.29, 0.717) is 11.9 Å². The van der Waals surface area contributed by atoms with E-state index in [1.807, 2.05) is 24.4 Å². The molecule has 1 saturated carbocycles. The van der Waals surface area contributed by atoms with Gasteiger partial charge in [0.1, 0.15) is 17.8 Å². The van der Waals surface area contributed by atoms with Crippen LogP contribution in [0.2, 0.25) is 0 Å². The molecule has 6 rings (SSSR count). The topological polar surface area (TPSA) is 98.6 Å². The van der Waals surface area contributed by atoms with Crippen molar-refractivity contribution >= 4 is 40.1 Å². The van der Waals surface area contributed by atoms with Gasteiger partial charge in [-0.2, -0.15) is 0 Å². The SMILES string of the molecule is O=C1NC(=Nc2cccc(C3CCCN(c4ncnc5[nH]ccc45)C3)c2)N=C2CCCCC12. The summed E-state index contributed by atoms with van der Waals surface area (Å²) in [6, 6.07) is 10.4. The number of carbonyl (C=O) groups excluding carboxylic acids is 1. The number of aromatic nitrogens is 3. The molecule has 1 aliphatic carbocycles. The summed E-state index contributed by atoms with van der Waals surface area (Å²) in [5.74, 6) is 1.78. The number of guanidine groups is 1. The van der Waals surface area contributed by atoms with Gasteiger partial charge in [0.2, 0.25) is 11.9 Å². The number of nitrogens with one attached hydrogen (secondary N) is 2. The van der Waals surface area contributed by atoms with E-state index >= 15 is 0 Å². The number of rotatable bonds is 3. The zero-order valence-corrected chi connectivity index (χ0v) is 18.5. The second kappa shape index (κ2) is 8.42. The molecule has 8 nitrogen and oxygen atoms in total. The summed E-state index contributed by atoms with van der Waals surface area (Å²) in [4.78, 5) is 36.3. The summed E-state index contributed by atoms with van der Waals surface area (Å²) in [5, 5.41) is 3.97. The Morgan fingerprint density at radius 1 is 1.09 bits per heavy atom. The van der Waals surface area contributed by atoms with E-state index in [4.69, 9.17) is 0 Å². The summed E-state index contributed by atoms with van der Waals surface area (Å²) in [7, 11) is 0. The van der Waals surface area contributed by atoms with E-state index in [1.165, 1.54) is 5.56 Å². The maximum atomic E-state index is 12.5. The van der Waals surface area contributed by atoms with Crippen LogP contribution in [0, 0.1) is 5.92 Å². The molecule has 0 radical (unpaired) electrons. The fraction of sp³-hybridized carbons (Fsp3) is 0.400. The quantitative estimate of drug-likeness (QED) is 0.639. The van der Waals surface area contributed by atoms with Crippen molar-refractivity contribution in [2.24, 2.45) is 15.9 Å². The minimum absolute atomic E-state index is 0.0402. The van der Waals surface area contributed by atoms with Gasteiger partial charge in [-0.3, -0.25) is 10.1 Å². The molecule has 1 amide bonds. The standard InChI is InChI=1S/C25H27N7O/c33-24-19-8-1-2-9-21(19)30-25(31-24)29-18-7-3-5-16(13-18)17-6-4-12-32(14-17)23-20-10-11-26-22(20)27-15-28-23/h3,5,7,10-11,13,15,17,19H,1-2,4,6,8-9,12,14H2,(H,26,27,28)(H,29,31,33). The minimum atomic E-state index is -0.0643. The molecular formula is C25H27N7O. The normalized spacial score (nSPS) is 24.5. The summed E-state index contributed by atoms with van der Waals surface area (Å²) in [5.41, 5.74) is 3.94. The largest absolute Gasteiger partial charge is 0.355 e. The predicted molar refractivity (Wildman–Crippen MR) is 129 cm³/mol. The van der Waals surface area contributed by atoms with Crippen LogP contribution >= 0.6 is 0 Å². The number of carbonyl (C=O) groups is 1. The Morgan fingerprint density at radius 2 is 2.06 bits per heavy atom. The van der Waals surface area contributed by atoms with Gasteiger partial charge in [0.25, 0.3) is 0 Å². The van der Waals surface area contributed by atoms with Crippen LogP contribution in [0.15, 0.2) is 52.8 Å². The highest BCUT2D eigenvalue weighted by atomic mass is 16.2. The third kappa shape index (κ3) is 3.90. The molecule has 2 aromatic heterocycles. The van der Waals surface area contributed by atoms with Crippen LogP contribution in [0.4, 0.5) is 11.5 Å². The lowest BCUT2D eigenvalue weighted by atomic mass is 9.86. The minimum Gasteiger partial charge on any atom is -0.355 e. The number of fused-ring (bicyclic) bond motifs is 2. The molecule has 2 fully saturated rings. The van der Waals surface area contributed by atoms with E-state index in [2.05, 4.69) is 47.3 Å². The molecule has 2 unspecified atom stereocenters. The van der Waals surface area contributed by atoms with Gasteiger partial charge in [-0.25, -0.2) is 20.0 Å². The Bertz CT molecular complexity index is 1260. The van der Waals surface area contributed by atoms with Gasteiger partial charge in [0.15, 0.2) is 0 Å². The van der Waals surface area contributed by atoms with Crippen LogP contribution in [-0.4, -0.2) is 45.6 Å². The van der Waals surface area contributed by atoms with Gasteiger partial charge in [-0.1, -0.05) is 18.6 Å². The average Bonchev–Trinajstić information content (AvgIpc) is 3.34. The zero-order chi connectivity index (χ0) is 22.2. The van der Waals surface area contributed by atoms with Gasteiger partial charge in [0, 0.05) is 30.9 Å². The molecule has 0 bridgehead atoms. The number of benzene rings is 1. The summed E-state index contributed by atoms with van der Waals surface area (Å²) in [6.45, 7) is 1.89. The first-order chi connectivity index (χ1) is 16.2. The molecule has 33 heavy (non-hydrogen) atoms. The third-order valence-electron chi connectivity index (χ3n) is 7.01. The third-order valence-corrected chi connectivity index (χ3v) is 7.01. The van der Waals surface area contributed by atoms with E-state index < -0.39 is 0 Å². The highest BCUT2D eigenvalue weighted by molar-refractivity contribution is 6.18. The molecule has 1 aromatic carbocycles. The Labute approximate surface area is 192 Å². The summed E-state index contributed by atoms with van der Waals surface area (Å²) < 4.78 is 0. The second-order valence-corrected chi connectivity index (χ2v) is 9.14. The Balaban J connectivity index is 1.24. The fourth-order valence-corrected chi connectivity index (χ4v) is 5.35. The number of H-pyrrole nitrogens is 1. The first-order valence-electron chi connectivity index (χ1n) is 11.8. The van der Waals surface area contributed by atoms with Crippen molar-refractivity contribution < 1.29 is 4.79 Å².